The molecule has 0 bridgehead atoms. The average Bonchev–Trinajstić information content (AvgIpc) is 3.31. The molecule has 3 aromatic carbocycles. The second-order valence-corrected chi connectivity index (χ2v) is 8.78. The van der Waals surface area contributed by atoms with Gasteiger partial charge >= 0.3 is 0 Å². The Balaban J connectivity index is 1.45. The molecule has 0 radical (unpaired) electrons. The lowest BCUT2D eigenvalue weighted by atomic mass is 10.0. The van der Waals surface area contributed by atoms with Gasteiger partial charge in [0.2, 0.25) is 4.96 Å². The Morgan fingerprint density at radius 2 is 1.83 bits per heavy atom. The van der Waals surface area contributed by atoms with Crippen LogP contribution in [-0.4, -0.2) is 25.7 Å². The van der Waals surface area contributed by atoms with Gasteiger partial charge < -0.3 is 5.32 Å². The number of amides is 1. The summed E-state index contributed by atoms with van der Waals surface area (Å²) in [5.41, 5.74) is 3.36. The Morgan fingerprint density at radius 1 is 1.03 bits per heavy atom. The summed E-state index contributed by atoms with van der Waals surface area (Å²) in [6.45, 7) is 3.85. The number of nitrogens with one attached hydrogen (secondary N) is 1. The van der Waals surface area contributed by atoms with Crippen LogP contribution >= 0.6 is 27.3 Å². The van der Waals surface area contributed by atoms with Gasteiger partial charge in [0, 0.05) is 21.3 Å². The van der Waals surface area contributed by atoms with Gasteiger partial charge in [-0.1, -0.05) is 51.5 Å². The Hall–Kier alpha value is -3.10. The Labute approximate surface area is 184 Å². The third-order valence-corrected chi connectivity index (χ3v) is 6.62. The number of benzene rings is 3. The fourth-order valence-electron chi connectivity index (χ4n) is 3.43. The number of carbonyl (C=O) groups excluding carboxylic acids is 1. The van der Waals surface area contributed by atoms with Gasteiger partial charge in [0.15, 0.2) is 5.82 Å². The van der Waals surface area contributed by atoms with Crippen molar-refractivity contribution in [1.29, 1.82) is 0 Å². The third-order valence-electron chi connectivity index (χ3n) is 4.98. The van der Waals surface area contributed by atoms with Gasteiger partial charge in [-0.05, 0) is 60.5 Å². The first-order chi connectivity index (χ1) is 14.5. The van der Waals surface area contributed by atoms with E-state index in [2.05, 4.69) is 36.5 Å². The number of halogens is 1. The molecule has 0 unspecified atom stereocenters. The SMILES string of the molecule is Cc1cc(-c2nn3c(C)nnc3s2)ccc1NC(=O)c1cccc2c(Br)cccc12. The predicted molar refractivity (Wildman–Crippen MR) is 123 cm³/mol. The highest BCUT2D eigenvalue weighted by Crippen LogP contribution is 2.30. The maximum absolute atomic E-state index is 13.0. The first-order valence-electron chi connectivity index (χ1n) is 9.30. The average molecular weight is 478 g/mol. The standard InChI is InChI=1S/C22H16BrN5OS/c1-12-11-14(21-27-28-13(2)25-26-22(28)30-21)9-10-19(12)24-20(29)17-7-3-6-16-15(17)5-4-8-18(16)23/h3-11H,1-2H3,(H,24,29). The van der Waals surface area contributed by atoms with Crippen molar-refractivity contribution in [3.05, 3.63) is 76.0 Å². The summed E-state index contributed by atoms with van der Waals surface area (Å²) < 4.78 is 2.71. The van der Waals surface area contributed by atoms with Crippen molar-refractivity contribution in [3.8, 4) is 10.6 Å². The number of aromatic nitrogens is 4. The molecule has 5 aromatic rings. The fraction of sp³-hybridized carbons (Fsp3) is 0.0909. The molecule has 0 aliphatic heterocycles. The van der Waals surface area contributed by atoms with Gasteiger partial charge in [0.05, 0.1) is 0 Å². The number of hydrogen-bond acceptors (Lipinski definition) is 5. The minimum absolute atomic E-state index is 0.135. The van der Waals surface area contributed by atoms with Crippen LogP contribution in [0.3, 0.4) is 0 Å². The van der Waals surface area contributed by atoms with E-state index in [0.29, 0.717) is 5.56 Å². The number of hydrogen-bond donors (Lipinski definition) is 1. The molecule has 1 N–H and O–H groups in total. The third kappa shape index (κ3) is 3.18. The molecule has 1 amide bonds. The van der Waals surface area contributed by atoms with Crippen LogP contribution in [0.4, 0.5) is 5.69 Å². The number of rotatable bonds is 3. The Kier molecular flexibility index (Phi) is 4.60. The summed E-state index contributed by atoms with van der Waals surface area (Å²) in [5, 5.41) is 18.6. The van der Waals surface area contributed by atoms with Crippen molar-refractivity contribution in [1.82, 2.24) is 19.8 Å². The van der Waals surface area contributed by atoms with E-state index in [1.807, 2.05) is 68.4 Å². The molecule has 0 spiro atoms. The zero-order valence-electron chi connectivity index (χ0n) is 16.2. The topological polar surface area (TPSA) is 72.2 Å². The second kappa shape index (κ2) is 7.30. The van der Waals surface area contributed by atoms with Crippen LogP contribution in [0.25, 0.3) is 26.3 Å². The van der Waals surface area contributed by atoms with Gasteiger partial charge in [-0.2, -0.15) is 9.61 Å². The van der Waals surface area contributed by atoms with E-state index >= 15 is 0 Å². The molecule has 6 nitrogen and oxygen atoms in total. The van der Waals surface area contributed by atoms with Gasteiger partial charge in [0.1, 0.15) is 5.01 Å². The van der Waals surface area contributed by atoms with E-state index in [9.17, 15) is 4.79 Å². The van der Waals surface area contributed by atoms with Gasteiger partial charge in [0.25, 0.3) is 5.91 Å². The second-order valence-electron chi connectivity index (χ2n) is 6.97. The van der Waals surface area contributed by atoms with Crippen LogP contribution in [0.1, 0.15) is 21.7 Å². The highest BCUT2D eigenvalue weighted by atomic mass is 79.9. The summed E-state index contributed by atoms with van der Waals surface area (Å²) in [6.07, 6.45) is 0. The number of carbonyl (C=O) groups is 1. The molecule has 0 aliphatic rings. The smallest absolute Gasteiger partial charge is 0.256 e. The Morgan fingerprint density at radius 3 is 2.63 bits per heavy atom. The molecule has 0 saturated carbocycles. The largest absolute Gasteiger partial charge is 0.322 e. The van der Waals surface area contributed by atoms with Crippen molar-refractivity contribution >= 4 is 54.6 Å². The van der Waals surface area contributed by atoms with Crippen molar-refractivity contribution in [2.75, 3.05) is 5.32 Å². The first-order valence-corrected chi connectivity index (χ1v) is 10.9. The molecule has 148 valence electrons. The maximum Gasteiger partial charge on any atom is 0.256 e. The van der Waals surface area contributed by atoms with Crippen molar-refractivity contribution in [2.24, 2.45) is 0 Å². The van der Waals surface area contributed by atoms with Gasteiger partial charge in [-0.15, -0.1) is 10.2 Å². The summed E-state index contributed by atoms with van der Waals surface area (Å²) in [5.74, 6) is 0.624. The normalized spacial score (nSPS) is 11.3. The van der Waals surface area contributed by atoms with E-state index in [0.717, 1.165) is 47.9 Å². The summed E-state index contributed by atoms with van der Waals surface area (Å²) in [4.78, 5) is 13.8. The van der Waals surface area contributed by atoms with E-state index < -0.39 is 0 Å². The lowest BCUT2D eigenvalue weighted by Crippen LogP contribution is -2.13. The lowest BCUT2D eigenvalue weighted by molar-refractivity contribution is 0.102. The van der Waals surface area contributed by atoms with Crippen molar-refractivity contribution in [3.63, 3.8) is 0 Å². The minimum Gasteiger partial charge on any atom is -0.322 e. The fourth-order valence-corrected chi connectivity index (χ4v) is 4.81. The van der Waals surface area contributed by atoms with E-state index in [4.69, 9.17) is 0 Å². The molecule has 0 atom stereocenters. The molecular weight excluding hydrogens is 462 g/mol. The highest BCUT2D eigenvalue weighted by Gasteiger charge is 2.14. The molecule has 5 rings (SSSR count). The number of anilines is 1. The minimum atomic E-state index is -0.135. The van der Waals surface area contributed by atoms with E-state index in [-0.39, 0.29) is 5.91 Å². The van der Waals surface area contributed by atoms with Crippen molar-refractivity contribution in [2.45, 2.75) is 13.8 Å². The highest BCUT2D eigenvalue weighted by molar-refractivity contribution is 9.10. The predicted octanol–water partition coefficient (Wildman–Crippen LogP) is 5.64. The molecule has 0 fully saturated rings. The van der Waals surface area contributed by atoms with Crippen LogP contribution in [-0.2, 0) is 0 Å². The Bertz CT molecular complexity index is 1440. The molecule has 0 aliphatic carbocycles. The summed E-state index contributed by atoms with van der Waals surface area (Å²) >= 11 is 5.04. The van der Waals surface area contributed by atoms with Crippen molar-refractivity contribution < 1.29 is 4.79 Å². The maximum atomic E-state index is 13.0. The number of nitrogens with zero attached hydrogens (tertiary/aromatic N) is 4. The molecule has 0 saturated heterocycles. The van der Waals surface area contributed by atoms with Crippen LogP contribution in [0, 0.1) is 13.8 Å². The van der Waals surface area contributed by atoms with Gasteiger partial charge in [-0.3, -0.25) is 4.79 Å². The monoisotopic (exact) mass is 477 g/mol. The lowest BCUT2D eigenvalue weighted by Gasteiger charge is -2.11. The molecule has 8 heteroatoms. The quantitative estimate of drug-likeness (QED) is 0.365. The van der Waals surface area contributed by atoms with Crippen LogP contribution in [0.5, 0.6) is 0 Å². The number of aryl methyl sites for hydroxylation is 2. The molecule has 2 heterocycles. The first kappa shape index (κ1) is 18.9. The molecule has 30 heavy (non-hydrogen) atoms. The summed E-state index contributed by atoms with van der Waals surface area (Å²) in [7, 11) is 0. The zero-order chi connectivity index (χ0) is 20.8. The summed E-state index contributed by atoms with van der Waals surface area (Å²) in [6, 6.07) is 17.5. The van der Waals surface area contributed by atoms with Crippen LogP contribution < -0.4 is 5.32 Å². The van der Waals surface area contributed by atoms with E-state index in [1.54, 1.807) is 4.52 Å². The molecular formula is C22H16BrN5OS. The van der Waals surface area contributed by atoms with E-state index in [1.165, 1.54) is 11.3 Å². The molecule has 2 aromatic heterocycles. The van der Waals surface area contributed by atoms with Gasteiger partial charge in [-0.25, -0.2) is 0 Å². The number of fused-ring (bicyclic) bond motifs is 2. The van der Waals surface area contributed by atoms with Crippen LogP contribution in [0.15, 0.2) is 59.1 Å². The van der Waals surface area contributed by atoms with Crippen LogP contribution in [0.2, 0.25) is 0 Å². The zero-order valence-corrected chi connectivity index (χ0v) is 18.6.